The zero-order chi connectivity index (χ0) is 11.5. The molecule has 0 aliphatic carbocycles. The number of hydrogen-bond donors (Lipinski definition) is 1. The van der Waals surface area contributed by atoms with Crippen LogP contribution in [0.3, 0.4) is 0 Å². The van der Waals surface area contributed by atoms with Crippen LogP contribution in [0.4, 0.5) is 0 Å². The summed E-state index contributed by atoms with van der Waals surface area (Å²) in [4.78, 5) is 16.0. The molecule has 1 aliphatic rings. The molecule has 1 N–H and O–H groups in total. The Balaban J connectivity index is 2.11. The minimum atomic E-state index is -0.109. The van der Waals surface area contributed by atoms with E-state index in [1.807, 2.05) is 7.05 Å². The van der Waals surface area contributed by atoms with E-state index < -0.39 is 0 Å². The highest BCUT2D eigenvalue weighted by Crippen LogP contribution is 2.18. The summed E-state index contributed by atoms with van der Waals surface area (Å²) in [6.07, 6.45) is 0. The molecule has 16 heavy (non-hydrogen) atoms. The lowest BCUT2D eigenvalue weighted by Gasteiger charge is -2.32. The van der Waals surface area contributed by atoms with Crippen LogP contribution in [-0.2, 0) is 0 Å². The van der Waals surface area contributed by atoms with Gasteiger partial charge in [0.05, 0.1) is 5.56 Å². The van der Waals surface area contributed by atoms with Gasteiger partial charge in [-0.05, 0) is 25.2 Å². The van der Waals surface area contributed by atoms with E-state index in [1.54, 1.807) is 11.0 Å². The molecule has 1 aliphatic heterocycles. The van der Waals surface area contributed by atoms with Gasteiger partial charge in [0.15, 0.2) is 0 Å². The van der Waals surface area contributed by atoms with Gasteiger partial charge in [-0.15, -0.1) is 0 Å². The molecule has 1 aromatic carbocycles. The predicted molar refractivity (Wildman–Crippen MR) is 60.3 cm³/mol. The Bertz CT molecular complexity index is 384. The van der Waals surface area contributed by atoms with Crippen LogP contribution in [0.15, 0.2) is 18.2 Å². The van der Waals surface area contributed by atoms with Crippen LogP contribution in [0.25, 0.3) is 0 Å². The van der Waals surface area contributed by atoms with Crippen molar-refractivity contribution >= 4 is 5.91 Å². The second-order valence-electron chi connectivity index (χ2n) is 4.04. The molecule has 1 aromatic rings. The van der Waals surface area contributed by atoms with Crippen molar-refractivity contribution in [1.29, 1.82) is 0 Å². The Labute approximate surface area is 95.1 Å². The fourth-order valence-corrected chi connectivity index (χ4v) is 1.77. The van der Waals surface area contributed by atoms with Gasteiger partial charge in [-0.3, -0.25) is 4.79 Å². The smallest absolute Gasteiger partial charge is 0.257 e. The van der Waals surface area contributed by atoms with Crippen LogP contribution in [0.1, 0.15) is 10.4 Å². The number of phenolic OH excluding ortho intramolecular Hbond substituents is 1. The maximum atomic E-state index is 12.1. The average molecular weight is 219 g/mol. The largest absolute Gasteiger partial charge is 0.507 e. The highest BCUT2D eigenvalue weighted by Gasteiger charge is 2.21. The van der Waals surface area contributed by atoms with Crippen molar-refractivity contribution in [2.24, 2.45) is 0 Å². The summed E-state index contributed by atoms with van der Waals surface area (Å²) in [5, 5.41) is 9.59. The van der Waals surface area contributed by atoms with Crippen LogP contribution in [0.2, 0.25) is 0 Å². The molecule has 4 heteroatoms. The third kappa shape index (κ3) is 2.17. The lowest BCUT2D eigenvalue weighted by atomic mass is 10.1. The number of hydrogen-bond acceptors (Lipinski definition) is 3. The van der Waals surface area contributed by atoms with Crippen molar-refractivity contribution in [2.75, 3.05) is 33.2 Å². The standard InChI is InChI=1S/C12H15N2O2/c1-13-6-8-14(9-7-13)12(16)10-4-2-3-5-11(10)15/h3-5,15H,6-9H2,1H3. The van der Waals surface area contributed by atoms with Gasteiger partial charge in [-0.1, -0.05) is 6.07 Å². The van der Waals surface area contributed by atoms with Gasteiger partial charge in [-0.25, -0.2) is 0 Å². The molecule has 0 spiro atoms. The van der Waals surface area contributed by atoms with Crippen LogP contribution in [0.5, 0.6) is 5.75 Å². The second kappa shape index (κ2) is 4.53. The lowest BCUT2D eigenvalue weighted by Crippen LogP contribution is -2.47. The van der Waals surface area contributed by atoms with Crippen molar-refractivity contribution < 1.29 is 9.90 Å². The van der Waals surface area contributed by atoms with E-state index in [0.29, 0.717) is 18.7 Å². The minimum absolute atomic E-state index is 0.0303. The third-order valence-corrected chi connectivity index (χ3v) is 2.86. The summed E-state index contributed by atoms with van der Waals surface area (Å²) in [5.74, 6) is -0.0786. The molecule has 0 saturated carbocycles. The first-order valence-electron chi connectivity index (χ1n) is 5.35. The number of piperazine rings is 1. The fourth-order valence-electron chi connectivity index (χ4n) is 1.77. The van der Waals surface area contributed by atoms with E-state index in [4.69, 9.17) is 0 Å². The van der Waals surface area contributed by atoms with E-state index in [0.717, 1.165) is 13.1 Å². The van der Waals surface area contributed by atoms with E-state index in [1.165, 1.54) is 12.1 Å². The monoisotopic (exact) mass is 219 g/mol. The quantitative estimate of drug-likeness (QED) is 0.751. The summed E-state index contributed by atoms with van der Waals surface area (Å²) in [5.41, 5.74) is 0.340. The molecule has 0 atom stereocenters. The number of aromatic hydroxyl groups is 1. The Morgan fingerprint density at radius 2 is 2.06 bits per heavy atom. The molecule has 1 radical (unpaired) electrons. The first-order chi connectivity index (χ1) is 7.68. The number of carbonyl (C=O) groups is 1. The summed E-state index contributed by atoms with van der Waals surface area (Å²) in [6.45, 7) is 3.18. The summed E-state index contributed by atoms with van der Waals surface area (Å²) >= 11 is 0. The van der Waals surface area contributed by atoms with Gasteiger partial charge in [0.2, 0.25) is 0 Å². The maximum absolute atomic E-state index is 12.1. The van der Waals surface area contributed by atoms with Gasteiger partial charge in [0, 0.05) is 26.2 Å². The normalized spacial score (nSPS) is 17.4. The van der Waals surface area contributed by atoms with Gasteiger partial charge >= 0.3 is 0 Å². The number of amides is 1. The summed E-state index contributed by atoms with van der Waals surface area (Å²) < 4.78 is 0. The molecular weight excluding hydrogens is 204 g/mol. The van der Waals surface area contributed by atoms with Gasteiger partial charge in [-0.2, -0.15) is 0 Å². The molecule has 0 aromatic heterocycles. The van der Waals surface area contributed by atoms with E-state index in [9.17, 15) is 9.90 Å². The van der Waals surface area contributed by atoms with E-state index >= 15 is 0 Å². The Morgan fingerprint density at radius 1 is 1.38 bits per heavy atom. The van der Waals surface area contributed by atoms with Gasteiger partial charge in [0.25, 0.3) is 5.91 Å². The SMILES string of the molecule is CN1CCN(C(=O)c2c[c]ccc2O)CC1. The fraction of sp³-hybridized carbons (Fsp3) is 0.417. The first-order valence-corrected chi connectivity index (χ1v) is 5.35. The first kappa shape index (κ1) is 11.0. The molecule has 0 unspecified atom stereocenters. The molecule has 1 saturated heterocycles. The van der Waals surface area contributed by atoms with Gasteiger partial charge < -0.3 is 14.9 Å². The third-order valence-electron chi connectivity index (χ3n) is 2.86. The summed E-state index contributed by atoms with van der Waals surface area (Å²) in [7, 11) is 2.04. The van der Waals surface area contributed by atoms with Crippen molar-refractivity contribution in [3.8, 4) is 5.75 Å². The Hall–Kier alpha value is -1.55. The highest BCUT2D eigenvalue weighted by atomic mass is 16.3. The number of carbonyl (C=O) groups excluding carboxylic acids is 1. The van der Waals surface area contributed by atoms with Crippen LogP contribution >= 0.6 is 0 Å². The van der Waals surface area contributed by atoms with Crippen LogP contribution < -0.4 is 0 Å². The average Bonchev–Trinajstić information content (AvgIpc) is 2.30. The zero-order valence-electron chi connectivity index (χ0n) is 9.31. The molecule has 4 nitrogen and oxygen atoms in total. The zero-order valence-corrected chi connectivity index (χ0v) is 9.31. The van der Waals surface area contributed by atoms with Crippen LogP contribution in [0, 0.1) is 6.07 Å². The highest BCUT2D eigenvalue weighted by molar-refractivity contribution is 5.96. The Morgan fingerprint density at radius 3 is 2.69 bits per heavy atom. The van der Waals surface area contributed by atoms with Crippen molar-refractivity contribution in [2.45, 2.75) is 0 Å². The number of rotatable bonds is 1. The maximum Gasteiger partial charge on any atom is 0.257 e. The number of nitrogens with zero attached hydrogens (tertiary/aromatic N) is 2. The molecule has 1 fully saturated rings. The topological polar surface area (TPSA) is 43.8 Å². The second-order valence-corrected chi connectivity index (χ2v) is 4.04. The van der Waals surface area contributed by atoms with Crippen LogP contribution in [-0.4, -0.2) is 54.0 Å². The van der Waals surface area contributed by atoms with Gasteiger partial charge in [0.1, 0.15) is 5.75 Å². The predicted octanol–water partition coefficient (Wildman–Crippen LogP) is 0.580. The van der Waals surface area contributed by atoms with Crippen molar-refractivity contribution in [3.05, 3.63) is 29.8 Å². The molecule has 85 valence electrons. The Kier molecular flexibility index (Phi) is 3.10. The number of benzene rings is 1. The lowest BCUT2D eigenvalue weighted by molar-refractivity contribution is 0.0661. The van der Waals surface area contributed by atoms with E-state index in [2.05, 4.69) is 11.0 Å². The van der Waals surface area contributed by atoms with E-state index in [-0.39, 0.29) is 11.7 Å². The number of phenols is 1. The number of likely N-dealkylation sites (N-methyl/N-ethyl adjacent to an activating group) is 1. The molecule has 1 heterocycles. The summed E-state index contributed by atoms with van der Waals surface area (Å²) in [6, 6.07) is 7.43. The molecule has 1 amide bonds. The van der Waals surface area contributed by atoms with Crippen molar-refractivity contribution in [1.82, 2.24) is 9.80 Å². The minimum Gasteiger partial charge on any atom is -0.507 e. The molecular formula is C12H15N2O2. The molecule has 2 rings (SSSR count). The molecule has 0 bridgehead atoms. The van der Waals surface area contributed by atoms with Crippen molar-refractivity contribution in [3.63, 3.8) is 0 Å².